The van der Waals surface area contributed by atoms with Gasteiger partial charge < -0.3 is 24.2 Å². The predicted octanol–water partition coefficient (Wildman–Crippen LogP) is 2.14. The molecule has 0 aliphatic carbocycles. The second-order valence-electron chi connectivity index (χ2n) is 6.43. The topological polar surface area (TPSA) is 68.2 Å². The van der Waals surface area contributed by atoms with Gasteiger partial charge in [-0.1, -0.05) is 0 Å². The van der Waals surface area contributed by atoms with Crippen LogP contribution in [0.3, 0.4) is 0 Å². The van der Waals surface area contributed by atoms with E-state index in [4.69, 9.17) is 14.2 Å². The number of methoxy groups -OCH3 is 2. The second kappa shape index (κ2) is 5.68. The van der Waals surface area contributed by atoms with Gasteiger partial charge in [-0.2, -0.15) is 0 Å². The van der Waals surface area contributed by atoms with Gasteiger partial charge in [0.1, 0.15) is 22.7 Å². The van der Waals surface area contributed by atoms with Crippen LogP contribution in [-0.2, 0) is 10.3 Å². The lowest BCUT2D eigenvalue weighted by Gasteiger charge is -2.46. The fourth-order valence-electron chi connectivity index (χ4n) is 2.39. The van der Waals surface area contributed by atoms with E-state index in [1.807, 2.05) is 20.8 Å². The molecule has 22 heavy (non-hydrogen) atoms. The van der Waals surface area contributed by atoms with Gasteiger partial charge in [-0.05, 0) is 32.9 Å². The average molecular weight is 309 g/mol. The van der Waals surface area contributed by atoms with E-state index in [1.165, 1.54) is 12.0 Å². The molecule has 0 saturated carbocycles. The average Bonchev–Trinajstić information content (AvgIpc) is 2.41. The normalized spacial score (nSPS) is 16.7. The van der Waals surface area contributed by atoms with Crippen molar-refractivity contribution < 1.29 is 24.1 Å². The van der Waals surface area contributed by atoms with E-state index in [9.17, 15) is 9.90 Å². The SMILES string of the molecule is COc1ccc(C2(O)CN(C(=O)OC(C)(C)C)C2)c(OC)c1. The molecule has 6 heteroatoms. The zero-order chi connectivity index (χ0) is 16.5. The monoisotopic (exact) mass is 309 g/mol. The molecule has 0 unspecified atom stereocenters. The number of aliphatic hydroxyl groups is 1. The molecule has 1 saturated heterocycles. The molecule has 0 spiro atoms. The van der Waals surface area contributed by atoms with Gasteiger partial charge in [-0.3, -0.25) is 0 Å². The maximum absolute atomic E-state index is 12.0. The quantitative estimate of drug-likeness (QED) is 0.926. The number of carbonyl (C=O) groups is 1. The van der Waals surface area contributed by atoms with Crippen molar-refractivity contribution in [3.05, 3.63) is 23.8 Å². The third-order valence-corrected chi connectivity index (χ3v) is 3.47. The van der Waals surface area contributed by atoms with Gasteiger partial charge in [0.05, 0.1) is 27.3 Å². The van der Waals surface area contributed by atoms with Crippen LogP contribution < -0.4 is 9.47 Å². The van der Waals surface area contributed by atoms with Crippen LogP contribution >= 0.6 is 0 Å². The van der Waals surface area contributed by atoms with E-state index in [0.29, 0.717) is 17.1 Å². The summed E-state index contributed by atoms with van der Waals surface area (Å²) in [5.41, 5.74) is -1.05. The van der Waals surface area contributed by atoms with E-state index in [-0.39, 0.29) is 13.1 Å². The maximum Gasteiger partial charge on any atom is 0.410 e. The van der Waals surface area contributed by atoms with Crippen LogP contribution in [0.25, 0.3) is 0 Å². The Morgan fingerprint density at radius 1 is 1.23 bits per heavy atom. The number of carbonyl (C=O) groups excluding carboxylic acids is 1. The van der Waals surface area contributed by atoms with E-state index in [1.54, 1.807) is 25.3 Å². The summed E-state index contributed by atoms with van der Waals surface area (Å²) < 4.78 is 15.7. The largest absolute Gasteiger partial charge is 0.497 e. The summed E-state index contributed by atoms with van der Waals surface area (Å²) in [4.78, 5) is 13.4. The van der Waals surface area contributed by atoms with Crippen molar-refractivity contribution in [1.82, 2.24) is 4.90 Å². The molecule has 1 fully saturated rings. The van der Waals surface area contributed by atoms with Crippen molar-refractivity contribution in [2.75, 3.05) is 27.3 Å². The minimum Gasteiger partial charge on any atom is -0.497 e. The summed E-state index contributed by atoms with van der Waals surface area (Å²) in [5.74, 6) is 1.18. The van der Waals surface area contributed by atoms with Gasteiger partial charge in [-0.25, -0.2) is 4.79 Å². The first-order valence-corrected chi connectivity index (χ1v) is 7.11. The van der Waals surface area contributed by atoms with Crippen molar-refractivity contribution in [2.45, 2.75) is 32.0 Å². The lowest BCUT2D eigenvalue weighted by molar-refractivity contribution is -0.104. The van der Waals surface area contributed by atoms with Crippen molar-refractivity contribution >= 4 is 6.09 Å². The molecule has 0 aromatic heterocycles. The molecule has 1 aromatic carbocycles. The van der Waals surface area contributed by atoms with Gasteiger partial charge >= 0.3 is 6.09 Å². The molecule has 122 valence electrons. The molecule has 1 N–H and O–H groups in total. The Morgan fingerprint density at radius 3 is 2.36 bits per heavy atom. The Hall–Kier alpha value is -1.95. The predicted molar refractivity (Wildman–Crippen MR) is 81.2 cm³/mol. The summed E-state index contributed by atoms with van der Waals surface area (Å²) >= 11 is 0. The van der Waals surface area contributed by atoms with Crippen LogP contribution in [0, 0.1) is 0 Å². The molecule has 0 radical (unpaired) electrons. The number of benzene rings is 1. The third kappa shape index (κ3) is 3.27. The van der Waals surface area contributed by atoms with Gasteiger partial charge in [-0.15, -0.1) is 0 Å². The summed E-state index contributed by atoms with van der Waals surface area (Å²) in [6, 6.07) is 5.22. The molecular formula is C16H23NO5. The summed E-state index contributed by atoms with van der Waals surface area (Å²) in [7, 11) is 3.10. The first kappa shape index (κ1) is 16.4. The Kier molecular flexibility index (Phi) is 4.24. The van der Waals surface area contributed by atoms with Gasteiger partial charge in [0, 0.05) is 11.6 Å². The minimum atomic E-state index is -1.13. The number of rotatable bonds is 3. The Bertz CT molecular complexity index is 558. The molecule has 1 amide bonds. The van der Waals surface area contributed by atoms with Gasteiger partial charge in [0.25, 0.3) is 0 Å². The van der Waals surface area contributed by atoms with Crippen LogP contribution in [0.5, 0.6) is 11.5 Å². The molecule has 1 heterocycles. The van der Waals surface area contributed by atoms with Gasteiger partial charge in [0.2, 0.25) is 0 Å². The Morgan fingerprint density at radius 2 is 1.86 bits per heavy atom. The maximum atomic E-state index is 12.0. The number of nitrogens with zero attached hydrogens (tertiary/aromatic N) is 1. The fraction of sp³-hybridized carbons (Fsp3) is 0.562. The first-order valence-electron chi connectivity index (χ1n) is 7.11. The molecule has 6 nitrogen and oxygen atoms in total. The molecule has 0 bridgehead atoms. The zero-order valence-corrected chi connectivity index (χ0v) is 13.7. The number of ether oxygens (including phenoxy) is 3. The summed E-state index contributed by atoms with van der Waals surface area (Å²) in [6.45, 7) is 5.77. The van der Waals surface area contributed by atoms with Crippen LogP contribution in [-0.4, -0.2) is 49.0 Å². The molecule has 1 aliphatic heterocycles. The van der Waals surface area contributed by atoms with Crippen LogP contribution in [0.2, 0.25) is 0 Å². The second-order valence-corrected chi connectivity index (χ2v) is 6.43. The van der Waals surface area contributed by atoms with Crippen molar-refractivity contribution in [1.29, 1.82) is 0 Å². The van der Waals surface area contributed by atoms with E-state index >= 15 is 0 Å². The van der Waals surface area contributed by atoms with E-state index in [0.717, 1.165) is 0 Å². The number of amides is 1. The highest BCUT2D eigenvalue weighted by atomic mass is 16.6. The Labute approximate surface area is 130 Å². The van der Waals surface area contributed by atoms with Crippen LogP contribution in [0.1, 0.15) is 26.3 Å². The third-order valence-electron chi connectivity index (χ3n) is 3.47. The van der Waals surface area contributed by atoms with Crippen molar-refractivity contribution in [3.63, 3.8) is 0 Å². The van der Waals surface area contributed by atoms with Crippen LogP contribution in [0.4, 0.5) is 4.79 Å². The highest BCUT2D eigenvalue weighted by Gasteiger charge is 2.48. The molecule has 1 aromatic rings. The lowest BCUT2D eigenvalue weighted by Crippen LogP contribution is -2.62. The molecule has 2 rings (SSSR count). The highest BCUT2D eigenvalue weighted by Crippen LogP contribution is 2.39. The fourth-order valence-corrected chi connectivity index (χ4v) is 2.39. The number of likely N-dealkylation sites (tertiary alicyclic amines) is 1. The van der Waals surface area contributed by atoms with Crippen molar-refractivity contribution in [2.24, 2.45) is 0 Å². The molecule has 1 aliphatic rings. The molecular weight excluding hydrogens is 286 g/mol. The standard InChI is InChI=1S/C16H23NO5/c1-15(2,3)22-14(18)17-9-16(19,10-17)12-7-6-11(20-4)8-13(12)21-5/h6-8,19H,9-10H2,1-5H3. The van der Waals surface area contributed by atoms with Crippen LogP contribution in [0.15, 0.2) is 18.2 Å². The lowest BCUT2D eigenvalue weighted by atomic mass is 9.85. The number of β-amino-alcohol motifs (C(OH)–C–C–N with tert-alkyl or cyclic N) is 1. The summed E-state index contributed by atoms with van der Waals surface area (Å²) in [6.07, 6.45) is -0.426. The van der Waals surface area contributed by atoms with Crippen molar-refractivity contribution in [3.8, 4) is 11.5 Å². The highest BCUT2D eigenvalue weighted by molar-refractivity contribution is 5.70. The first-order chi connectivity index (χ1) is 10.2. The molecule has 0 atom stereocenters. The number of hydrogen-bond acceptors (Lipinski definition) is 5. The zero-order valence-electron chi connectivity index (χ0n) is 13.7. The number of hydrogen-bond donors (Lipinski definition) is 1. The van der Waals surface area contributed by atoms with E-state index in [2.05, 4.69) is 0 Å². The van der Waals surface area contributed by atoms with E-state index < -0.39 is 17.3 Å². The minimum absolute atomic E-state index is 0.171. The van der Waals surface area contributed by atoms with Gasteiger partial charge in [0.15, 0.2) is 0 Å². The Balaban J connectivity index is 2.11. The summed E-state index contributed by atoms with van der Waals surface area (Å²) in [5, 5.41) is 10.7. The smallest absolute Gasteiger partial charge is 0.410 e.